The van der Waals surface area contributed by atoms with Gasteiger partial charge in [-0.15, -0.1) is 0 Å². The second kappa shape index (κ2) is 8.70. The first-order valence-electron chi connectivity index (χ1n) is 12.6. The van der Waals surface area contributed by atoms with E-state index in [0.717, 1.165) is 0 Å². The van der Waals surface area contributed by atoms with Gasteiger partial charge in [-0.3, -0.25) is 0 Å². The molecule has 0 radical (unpaired) electrons. The van der Waals surface area contributed by atoms with Crippen LogP contribution in [-0.2, 0) is 27.1 Å². The molecule has 5 heteroatoms. The van der Waals surface area contributed by atoms with Gasteiger partial charge in [-0.05, 0) is 62.0 Å². The van der Waals surface area contributed by atoms with Crippen molar-refractivity contribution in [1.82, 2.24) is 0 Å². The van der Waals surface area contributed by atoms with Gasteiger partial charge in [0.25, 0.3) is 0 Å². The molecule has 0 saturated carbocycles. The van der Waals surface area contributed by atoms with Crippen LogP contribution in [0.3, 0.4) is 0 Å². The van der Waals surface area contributed by atoms with Gasteiger partial charge in [0.15, 0.2) is 0 Å². The molecule has 0 aliphatic rings. The van der Waals surface area contributed by atoms with Gasteiger partial charge < -0.3 is 10.2 Å². The fourth-order valence-corrected chi connectivity index (χ4v) is 4.63. The second-order valence-corrected chi connectivity index (χ2v) is 14.5. The number of hydrogen-bond donors (Lipinski definition) is 2. The Bertz CT molecular complexity index is 977. The SMILES string of the molecule is CC(C)(C)c1cc(C(C)(c2cc(C(C)(C)C)c(O)c(C(C)(C)C)c2)C(F)(F)F)cc(C(C)(C)C)c1O. The van der Waals surface area contributed by atoms with Crippen LogP contribution in [0.15, 0.2) is 24.3 Å². The van der Waals surface area contributed by atoms with Gasteiger partial charge in [0, 0.05) is 0 Å². The lowest BCUT2D eigenvalue weighted by Crippen LogP contribution is -2.41. The highest BCUT2D eigenvalue weighted by molar-refractivity contribution is 5.57. The van der Waals surface area contributed by atoms with Crippen molar-refractivity contribution in [1.29, 1.82) is 0 Å². The predicted octanol–water partition coefficient (Wildman–Crippen LogP) is 9.16. The lowest BCUT2D eigenvalue weighted by molar-refractivity contribution is -0.173. The summed E-state index contributed by atoms with van der Waals surface area (Å²) in [6, 6.07) is 6.05. The first-order chi connectivity index (χ1) is 15.7. The molecule has 0 aromatic heterocycles. The molecule has 0 amide bonds. The highest BCUT2D eigenvalue weighted by Crippen LogP contribution is 2.52. The van der Waals surface area contributed by atoms with Crippen LogP contribution in [0.1, 0.15) is 123 Å². The summed E-state index contributed by atoms with van der Waals surface area (Å²) in [7, 11) is 0. The number of alkyl halides is 3. The molecule has 0 aliphatic carbocycles. The minimum Gasteiger partial charge on any atom is -0.507 e. The summed E-state index contributed by atoms with van der Waals surface area (Å²) >= 11 is 0. The second-order valence-electron chi connectivity index (χ2n) is 14.5. The van der Waals surface area contributed by atoms with E-state index in [1.807, 2.05) is 83.1 Å². The highest BCUT2D eigenvalue weighted by atomic mass is 19.4. The van der Waals surface area contributed by atoms with Gasteiger partial charge in [-0.25, -0.2) is 0 Å². The third-order valence-corrected chi connectivity index (χ3v) is 7.17. The molecule has 0 atom stereocenters. The Morgan fingerprint density at radius 2 is 0.639 bits per heavy atom. The van der Waals surface area contributed by atoms with Crippen LogP contribution in [0.5, 0.6) is 11.5 Å². The summed E-state index contributed by atoms with van der Waals surface area (Å²) in [5.74, 6) is 0.0829. The lowest BCUT2D eigenvalue weighted by atomic mass is 9.68. The molecule has 0 aliphatic heterocycles. The molecule has 2 aromatic carbocycles. The molecule has 0 bridgehead atoms. The molecular weight excluding hydrogens is 461 g/mol. The number of rotatable bonds is 2. The zero-order valence-electron chi connectivity index (χ0n) is 24.3. The molecule has 0 heterocycles. The highest BCUT2D eigenvalue weighted by Gasteiger charge is 2.55. The van der Waals surface area contributed by atoms with Crippen molar-refractivity contribution in [3.8, 4) is 11.5 Å². The average Bonchev–Trinajstić information content (AvgIpc) is 2.63. The Hall–Kier alpha value is -2.17. The molecule has 0 spiro atoms. The molecule has 0 saturated heterocycles. The van der Waals surface area contributed by atoms with Gasteiger partial charge >= 0.3 is 6.18 Å². The fraction of sp³-hybridized carbons (Fsp3) is 0.613. The third-order valence-electron chi connectivity index (χ3n) is 7.17. The maximum atomic E-state index is 15.3. The molecular formula is C31H45F3O2. The van der Waals surface area contributed by atoms with E-state index in [1.54, 1.807) is 0 Å². The average molecular weight is 507 g/mol. The Morgan fingerprint density at radius 1 is 0.444 bits per heavy atom. The van der Waals surface area contributed by atoms with E-state index in [-0.39, 0.29) is 22.6 Å². The quantitative estimate of drug-likeness (QED) is 0.426. The zero-order valence-corrected chi connectivity index (χ0v) is 24.3. The van der Waals surface area contributed by atoms with Crippen molar-refractivity contribution in [3.05, 3.63) is 57.6 Å². The van der Waals surface area contributed by atoms with Crippen LogP contribution < -0.4 is 0 Å². The summed E-state index contributed by atoms with van der Waals surface area (Å²) in [6.07, 6.45) is -4.64. The molecule has 0 fully saturated rings. The van der Waals surface area contributed by atoms with E-state index in [4.69, 9.17) is 0 Å². The summed E-state index contributed by atoms with van der Waals surface area (Å²) in [6.45, 7) is 23.9. The Morgan fingerprint density at radius 3 is 0.778 bits per heavy atom. The van der Waals surface area contributed by atoms with Crippen molar-refractivity contribution < 1.29 is 23.4 Å². The minimum absolute atomic E-state index is 0.0414. The molecule has 2 aromatic rings. The molecule has 2 rings (SSSR count). The Labute approximate surface area is 216 Å². The van der Waals surface area contributed by atoms with Gasteiger partial charge in [-0.1, -0.05) is 107 Å². The molecule has 2 N–H and O–H groups in total. The van der Waals surface area contributed by atoms with E-state index in [1.165, 1.54) is 31.2 Å². The van der Waals surface area contributed by atoms with Crippen molar-refractivity contribution in [2.75, 3.05) is 0 Å². The zero-order chi connectivity index (χ0) is 28.4. The molecule has 202 valence electrons. The normalized spacial score (nSPS) is 14.3. The minimum atomic E-state index is -4.64. The van der Waals surface area contributed by atoms with Gasteiger partial charge in [-0.2, -0.15) is 13.2 Å². The topological polar surface area (TPSA) is 40.5 Å². The Kier molecular flexibility index (Phi) is 7.26. The Balaban J connectivity index is 3.17. The van der Waals surface area contributed by atoms with Crippen molar-refractivity contribution in [2.24, 2.45) is 0 Å². The number of benzene rings is 2. The third kappa shape index (κ3) is 5.40. The van der Waals surface area contributed by atoms with Crippen LogP contribution in [0.2, 0.25) is 0 Å². The monoisotopic (exact) mass is 506 g/mol. The van der Waals surface area contributed by atoms with E-state index in [2.05, 4.69) is 0 Å². The van der Waals surface area contributed by atoms with Gasteiger partial charge in [0.05, 0.1) is 0 Å². The van der Waals surface area contributed by atoms with Crippen LogP contribution in [0.25, 0.3) is 0 Å². The maximum absolute atomic E-state index is 15.3. The number of halogens is 3. The van der Waals surface area contributed by atoms with Crippen LogP contribution >= 0.6 is 0 Å². The van der Waals surface area contributed by atoms with E-state index in [0.29, 0.717) is 22.3 Å². The summed E-state index contributed by atoms with van der Waals surface area (Å²) in [5.41, 5.74) is -2.61. The smallest absolute Gasteiger partial charge is 0.402 e. The summed E-state index contributed by atoms with van der Waals surface area (Å²) in [5, 5.41) is 22.3. The van der Waals surface area contributed by atoms with Crippen molar-refractivity contribution >= 4 is 0 Å². The van der Waals surface area contributed by atoms with Crippen molar-refractivity contribution in [3.63, 3.8) is 0 Å². The van der Waals surface area contributed by atoms with E-state index >= 15 is 13.2 Å². The van der Waals surface area contributed by atoms with Crippen LogP contribution in [-0.4, -0.2) is 16.4 Å². The van der Waals surface area contributed by atoms with Crippen LogP contribution in [0.4, 0.5) is 13.2 Å². The number of aromatic hydroxyl groups is 2. The predicted molar refractivity (Wildman–Crippen MR) is 144 cm³/mol. The molecule has 0 unspecified atom stereocenters. The number of hydrogen-bond acceptors (Lipinski definition) is 2. The van der Waals surface area contributed by atoms with Gasteiger partial charge in [0.1, 0.15) is 16.9 Å². The summed E-state index contributed by atoms with van der Waals surface area (Å²) < 4.78 is 45.8. The van der Waals surface area contributed by atoms with E-state index in [9.17, 15) is 10.2 Å². The van der Waals surface area contributed by atoms with Crippen molar-refractivity contribution in [2.45, 2.75) is 123 Å². The fourth-order valence-electron chi connectivity index (χ4n) is 4.63. The van der Waals surface area contributed by atoms with Gasteiger partial charge in [0.2, 0.25) is 0 Å². The van der Waals surface area contributed by atoms with Crippen LogP contribution in [0, 0.1) is 0 Å². The first kappa shape index (κ1) is 30.1. The largest absolute Gasteiger partial charge is 0.507 e. The lowest BCUT2D eigenvalue weighted by Gasteiger charge is -2.38. The maximum Gasteiger partial charge on any atom is 0.402 e. The molecule has 2 nitrogen and oxygen atoms in total. The molecule has 36 heavy (non-hydrogen) atoms. The standard InChI is InChI=1S/C31H45F3O2/c1-26(2,3)20-14-18(15-21(24(20)35)27(4,5)6)30(13,31(32,33)34)19-16-22(28(7,8)9)25(36)23(17-19)29(10,11)12/h14-17,35-36H,1-13H3. The summed E-state index contributed by atoms with van der Waals surface area (Å²) in [4.78, 5) is 0. The number of phenols is 2. The first-order valence-corrected chi connectivity index (χ1v) is 12.6. The number of phenolic OH excluding ortho intramolecular Hbond substituents is 2. The van der Waals surface area contributed by atoms with E-state index < -0.39 is 33.3 Å².